The number of hydrogen-bond acceptors (Lipinski definition) is 7. The van der Waals surface area contributed by atoms with E-state index in [0.717, 1.165) is 0 Å². The fourth-order valence-corrected chi connectivity index (χ4v) is 2.34. The maximum Gasteiger partial charge on any atom is 0.341 e. The molecule has 2 saturated heterocycles. The van der Waals surface area contributed by atoms with Crippen LogP contribution in [0.4, 0.5) is 0 Å². The van der Waals surface area contributed by atoms with Crippen molar-refractivity contribution in [2.24, 2.45) is 0 Å². The number of fused-ring (bicyclic) bond motifs is 1. The molecule has 0 aromatic rings. The minimum atomic E-state index is -1.54. The molecule has 0 aliphatic carbocycles. The minimum absolute atomic E-state index is 0.0429. The maximum absolute atomic E-state index is 11.7. The van der Waals surface area contributed by atoms with Gasteiger partial charge in [0, 0.05) is 11.1 Å². The first-order valence-electron chi connectivity index (χ1n) is 6.50. The third-order valence-corrected chi connectivity index (χ3v) is 3.45. The summed E-state index contributed by atoms with van der Waals surface area (Å²) in [6.07, 6.45) is -0.960. The van der Waals surface area contributed by atoms with Gasteiger partial charge < -0.3 is 24.4 Å². The Morgan fingerprint density at radius 1 is 1.33 bits per heavy atom. The summed E-state index contributed by atoms with van der Waals surface area (Å²) in [6, 6.07) is 0. The molecular weight excluding hydrogens is 280 g/mol. The smallest absolute Gasteiger partial charge is 0.341 e. The van der Waals surface area contributed by atoms with Crippen molar-refractivity contribution in [1.29, 1.82) is 0 Å². The van der Waals surface area contributed by atoms with E-state index in [0.29, 0.717) is 0 Å². The van der Waals surface area contributed by atoms with Crippen molar-refractivity contribution in [2.45, 2.75) is 37.8 Å². The van der Waals surface area contributed by atoms with Crippen molar-refractivity contribution >= 4 is 11.9 Å². The van der Waals surface area contributed by atoms with Crippen LogP contribution in [0.3, 0.4) is 0 Å². The second-order valence-corrected chi connectivity index (χ2v) is 5.37. The maximum atomic E-state index is 11.7. The third-order valence-electron chi connectivity index (χ3n) is 3.45. The molecule has 21 heavy (non-hydrogen) atoms. The molecule has 0 aromatic carbocycles. The zero-order valence-corrected chi connectivity index (χ0v) is 11.9. The van der Waals surface area contributed by atoms with Crippen molar-refractivity contribution in [3.8, 4) is 0 Å². The number of esters is 2. The standard InChI is InChI=1S/C14H18O7/c1-7(2)12(16)21-13(17)8(3)4-14(18)6-20-10-9(15)5-19-11(10)14/h4,9-11,15,18H,1,5-6H2,2-3H3/t9-,10-,11+,14-/m1/s1. The second kappa shape index (κ2) is 5.69. The summed E-state index contributed by atoms with van der Waals surface area (Å²) in [5.74, 6) is -1.70. The second-order valence-electron chi connectivity index (χ2n) is 5.37. The van der Waals surface area contributed by atoms with Crippen LogP contribution in [0.15, 0.2) is 23.8 Å². The van der Waals surface area contributed by atoms with Crippen molar-refractivity contribution in [3.05, 3.63) is 23.8 Å². The fourth-order valence-electron chi connectivity index (χ4n) is 2.34. The summed E-state index contributed by atoms with van der Waals surface area (Å²) in [5.41, 5.74) is -1.40. The van der Waals surface area contributed by atoms with E-state index in [1.54, 1.807) is 0 Å². The van der Waals surface area contributed by atoms with Crippen molar-refractivity contribution in [3.63, 3.8) is 0 Å². The molecule has 0 spiro atoms. The summed E-state index contributed by atoms with van der Waals surface area (Å²) < 4.78 is 15.2. The highest BCUT2D eigenvalue weighted by Gasteiger charge is 2.54. The van der Waals surface area contributed by atoms with Gasteiger partial charge in [0.2, 0.25) is 0 Å². The van der Waals surface area contributed by atoms with E-state index in [4.69, 9.17) is 9.47 Å². The van der Waals surface area contributed by atoms with E-state index < -0.39 is 35.9 Å². The van der Waals surface area contributed by atoms with Crippen LogP contribution < -0.4 is 0 Å². The number of carbonyl (C=O) groups excluding carboxylic acids is 2. The van der Waals surface area contributed by atoms with Gasteiger partial charge in [-0.1, -0.05) is 6.58 Å². The highest BCUT2D eigenvalue weighted by molar-refractivity contribution is 6.01. The lowest BCUT2D eigenvalue weighted by Crippen LogP contribution is -2.42. The summed E-state index contributed by atoms with van der Waals surface area (Å²) in [6.45, 7) is 6.15. The minimum Gasteiger partial charge on any atom is -0.388 e. The van der Waals surface area contributed by atoms with Gasteiger partial charge in [0.1, 0.15) is 23.9 Å². The van der Waals surface area contributed by atoms with E-state index >= 15 is 0 Å². The Morgan fingerprint density at radius 3 is 2.62 bits per heavy atom. The Hall–Kier alpha value is -1.54. The molecule has 2 aliphatic rings. The number of hydrogen-bond donors (Lipinski definition) is 2. The van der Waals surface area contributed by atoms with Crippen LogP contribution in [-0.4, -0.2) is 59.3 Å². The lowest BCUT2D eigenvalue weighted by molar-refractivity contribution is -0.154. The number of rotatable bonds is 3. The summed E-state index contributed by atoms with van der Waals surface area (Å²) in [7, 11) is 0. The molecule has 2 fully saturated rings. The lowest BCUT2D eigenvalue weighted by Gasteiger charge is -2.23. The zero-order valence-electron chi connectivity index (χ0n) is 11.9. The normalized spacial score (nSPS) is 35.4. The summed E-state index contributed by atoms with van der Waals surface area (Å²) in [5, 5.41) is 20.1. The molecule has 7 nitrogen and oxygen atoms in total. The predicted octanol–water partition coefficient (Wildman–Crippen LogP) is -0.532. The van der Waals surface area contributed by atoms with E-state index in [1.807, 2.05) is 0 Å². The molecule has 0 radical (unpaired) electrons. The summed E-state index contributed by atoms with van der Waals surface area (Å²) >= 11 is 0. The van der Waals surface area contributed by atoms with Crippen LogP contribution in [-0.2, 0) is 23.8 Å². The third kappa shape index (κ3) is 3.06. The Morgan fingerprint density at radius 2 is 2.00 bits per heavy atom. The Bertz CT molecular complexity index is 509. The van der Waals surface area contributed by atoms with Crippen LogP contribution in [0, 0.1) is 0 Å². The molecule has 0 bridgehead atoms. The van der Waals surface area contributed by atoms with Gasteiger partial charge in [-0.05, 0) is 19.9 Å². The van der Waals surface area contributed by atoms with E-state index in [1.165, 1.54) is 19.9 Å². The van der Waals surface area contributed by atoms with Gasteiger partial charge in [0.05, 0.1) is 13.2 Å². The van der Waals surface area contributed by atoms with E-state index in [-0.39, 0.29) is 24.4 Å². The zero-order chi connectivity index (χ0) is 15.8. The largest absolute Gasteiger partial charge is 0.388 e. The number of ether oxygens (including phenoxy) is 3. The molecule has 2 aliphatic heterocycles. The van der Waals surface area contributed by atoms with Gasteiger partial charge in [-0.3, -0.25) is 0 Å². The van der Waals surface area contributed by atoms with Crippen molar-refractivity contribution in [2.75, 3.05) is 13.2 Å². The van der Waals surface area contributed by atoms with Crippen LogP contribution in [0.5, 0.6) is 0 Å². The van der Waals surface area contributed by atoms with Gasteiger partial charge >= 0.3 is 11.9 Å². The Kier molecular flexibility index (Phi) is 4.29. The van der Waals surface area contributed by atoms with Crippen LogP contribution in [0.1, 0.15) is 13.8 Å². The van der Waals surface area contributed by atoms with Gasteiger partial charge in [-0.2, -0.15) is 0 Å². The molecule has 7 heteroatoms. The molecular formula is C14H18O7. The van der Waals surface area contributed by atoms with Crippen LogP contribution in [0.25, 0.3) is 0 Å². The average Bonchev–Trinajstić information content (AvgIpc) is 2.92. The SMILES string of the molecule is C=C(C)C(=O)OC(=O)C(C)=C[C@@]1(O)CO[C@@H]2[C@H](O)CO[C@@H]21. The Balaban J connectivity index is 2.09. The fraction of sp³-hybridized carbons (Fsp3) is 0.571. The van der Waals surface area contributed by atoms with Gasteiger partial charge in [-0.15, -0.1) is 0 Å². The first-order chi connectivity index (χ1) is 9.74. The molecule has 2 rings (SSSR count). The number of aliphatic hydroxyl groups excluding tert-OH is 1. The van der Waals surface area contributed by atoms with Crippen LogP contribution in [0.2, 0.25) is 0 Å². The topological polar surface area (TPSA) is 102 Å². The highest BCUT2D eigenvalue weighted by atomic mass is 16.6. The average molecular weight is 298 g/mol. The molecule has 0 amide bonds. The molecule has 2 heterocycles. The summed E-state index contributed by atoms with van der Waals surface area (Å²) in [4.78, 5) is 23.0. The number of aliphatic hydroxyl groups is 2. The first-order valence-corrected chi connectivity index (χ1v) is 6.50. The molecule has 0 aromatic heterocycles. The molecule has 2 N–H and O–H groups in total. The molecule has 116 valence electrons. The quantitative estimate of drug-likeness (QED) is 0.410. The number of carbonyl (C=O) groups is 2. The first kappa shape index (κ1) is 15.8. The highest BCUT2D eigenvalue weighted by Crippen LogP contribution is 2.35. The molecule has 0 unspecified atom stereocenters. The van der Waals surface area contributed by atoms with Crippen LogP contribution >= 0.6 is 0 Å². The van der Waals surface area contributed by atoms with Crippen molar-refractivity contribution in [1.82, 2.24) is 0 Å². The predicted molar refractivity (Wildman–Crippen MR) is 70.1 cm³/mol. The Labute approximate surface area is 121 Å². The van der Waals surface area contributed by atoms with Crippen molar-refractivity contribution < 1.29 is 34.0 Å². The molecule has 4 atom stereocenters. The lowest BCUT2D eigenvalue weighted by atomic mass is 9.94. The van der Waals surface area contributed by atoms with Gasteiger partial charge in [0.15, 0.2) is 0 Å². The monoisotopic (exact) mass is 298 g/mol. The molecule has 0 saturated carbocycles. The van der Waals surface area contributed by atoms with E-state index in [2.05, 4.69) is 11.3 Å². The van der Waals surface area contributed by atoms with Gasteiger partial charge in [-0.25, -0.2) is 9.59 Å². The van der Waals surface area contributed by atoms with E-state index in [9.17, 15) is 19.8 Å². The van der Waals surface area contributed by atoms with Gasteiger partial charge in [0.25, 0.3) is 0 Å².